The van der Waals surface area contributed by atoms with Crippen LogP contribution >= 0.6 is 12.4 Å². The van der Waals surface area contributed by atoms with Gasteiger partial charge in [-0.1, -0.05) is 20.8 Å². The average molecular weight is 412 g/mol. The Hall–Kier alpha value is -1.93. The Bertz CT molecular complexity index is 802. The lowest BCUT2D eigenvalue weighted by Crippen LogP contribution is -2.57. The van der Waals surface area contributed by atoms with E-state index in [1.54, 1.807) is 11.8 Å². The highest BCUT2D eigenvalue weighted by Crippen LogP contribution is 2.21. The van der Waals surface area contributed by atoms with Crippen molar-refractivity contribution in [3.63, 3.8) is 0 Å². The molecule has 2 saturated heterocycles. The summed E-state index contributed by atoms with van der Waals surface area (Å²) in [4.78, 5) is 48.6. The highest BCUT2D eigenvalue weighted by Gasteiger charge is 2.33. The van der Waals surface area contributed by atoms with Crippen LogP contribution in [0.1, 0.15) is 55.5 Å². The van der Waals surface area contributed by atoms with Gasteiger partial charge in [0.1, 0.15) is 11.4 Å². The number of aromatic amines is 1. The van der Waals surface area contributed by atoms with E-state index in [1.165, 1.54) is 0 Å². The Morgan fingerprint density at radius 2 is 1.93 bits per heavy atom. The second kappa shape index (κ2) is 8.61. The third-order valence-electron chi connectivity index (χ3n) is 5.28. The zero-order chi connectivity index (χ0) is 19.8. The first-order valence-corrected chi connectivity index (χ1v) is 9.59. The Kier molecular flexibility index (Phi) is 6.88. The standard InChI is InChI=1S/C19H29N5O3.ClH/c1-12-15(16(26)22-18(21-12)19(2,3)4)17(27)23-8-5-6-13(11-23)24-9-7-20-10-14(24)25;/h13,20H,5-11H2,1-4H3,(H,21,22,26);1H. The molecule has 0 spiro atoms. The van der Waals surface area contributed by atoms with Crippen molar-refractivity contribution in [1.82, 2.24) is 25.1 Å². The van der Waals surface area contributed by atoms with E-state index in [1.807, 2.05) is 25.7 Å². The third kappa shape index (κ3) is 4.55. The van der Waals surface area contributed by atoms with Gasteiger partial charge in [-0.3, -0.25) is 14.4 Å². The summed E-state index contributed by atoms with van der Waals surface area (Å²) >= 11 is 0. The van der Waals surface area contributed by atoms with E-state index in [9.17, 15) is 14.4 Å². The number of piperidine rings is 1. The van der Waals surface area contributed by atoms with E-state index in [0.29, 0.717) is 37.7 Å². The number of nitrogens with one attached hydrogen (secondary N) is 2. The fourth-order valence-electron chi connectivity index (χ4n) is 3.75. The number of nitrogens with zero attached hydrogens (tertiary/aromatic N) is 3. The van der Waals surface area contributed by atoms with E-state index < -0.39 is 5.56 Å². The lowest BCUT2D eigenvalue weighted by molar-refractivity contribution is -0.135. The normalized spacial score (nSPS) is 20.7. The van der Waals surface area contributed by atoms with Gasteiger partial charge in [-0.05, 0) is 19.8 Å². The molecule has 1 aromatic rings. The van der Waals surface area contributed by atoms with E-state index in [-0.39, 0.29) is 41.2 Å². The molecule has 2 amide bonds. The zero-order valence-electron chi connectivity index (χ0n) is 17.0. The van der Waals surface area contributed by atoms with E-state index in [0.717, 1.165) is 19.4 Å². The number of carbonyl (C=O) groups excluding carboxylic acids is 2. The smallest absolute Gasteiger partial charge is 0.264 e. The van der Waals surface area contributed by atoms with Crippen LogP contribution in [0.3, 0.4) is 0 Å². The van der Waals surface area contributed by atoms with Gasteiger partial charge in [0.2, 0.25) is 5.91 Å². The third-order valence-corrected chi connectivity index (χ3v) is 5.28. The summed E-state index contributed by atoms with van der Waals surface area (Å²) in [5.41, 5.74) is -0.133. The van der Waals surface area contributed by atoms with Crippen LogP contribution < -0.4 is 10.9 Å². The largest absolute Gasteiger partial charge is 0.336 e. The van der Waals surface area contributed by atoms with Crippen molar-refractivity contribution in [2.75, 3.05) is 32.7 Å². The van der Waals surface area contributed by atoms with Gasteiger partial charge in [-0.2, -0.15) is 0 Å². The van der Waals surface area contributed by atoms with Crippen molar-refractivity contribution in [2.45, 2.75) is 52.0 Å². The maximum atomic E-state index is 13.1. The summed E-state index contributed by atoms with van der Waals surface area (Å²) < 4.78 is 0. The molecule has 2 fully saturated rings. The highest BCUT2D eigenvalue weighted by atomic mass is 35.5. The van der Waals surface area contributed by atoms with Crippen LogP contribution in [0.15, 0.2) is 4.79 Å². The van der Waals surface area contributed by atoms with E-state index >= 15 is 0 Å². The molecule has 0 aromatic carbocycles. The summed E-state index contributed by atoms with van der Waals surface area (Å²) in [6.07, 6.45) is 1.70. The highest BCUT2D eigenvalue weighted by molar-refractivity contribution is 5.95. The number of halogens is 1. The van der Waals surface area contributed by atoms with Crippen molar-refractivity contribution < 1.29 is 9.59 Å². The Morgan fingerprint density at radius 1 is 1.21 bits per heavy atom. The molecule has 156 valence electrons. The molecule has 2 aliphatic rings. The Labute approximate surface area is 171 Å². The van der Waals surface area contributed by atoms with Gasteiger partial charge >= 0.3 is 0 Å². The van der Waals surface area contributed by atoms with Crippen LogP contribution in [0.4, 0.5) is 0 Å². The van der Waals surface area contributed by atoms with Gasteiger partial charge in [0.05, 0.1) is 12.2 Å². The second-order valence-corrected chi connectivity index (χ2v) is 8.44. The molecule has 1 atom stereocenters. The molecule has 28 heavy (non-hydrogen) atoms. The van der Waals surface area contributed by atoms with Gasteiger partial charge in [0.25, 0.3) is 11.5 Å². The summed E-state index contributed by atoms with van der Waals surface area (Å²) in [7, 11) is 0. The summed E-state index contributed by atoms with van der Waals surface area (Å²) in [6.45, 7) is 10.4. The van der Waals surface area contributed by atoms with Gasteiger partial charge in [-0.25, -0.2) is 4.98 Å². The molecule has 1 aromatic heterocycles. The topological polar surface area (TPSA) is 98.4 Å². The summed E-state index contributed by atoms with van der Waals surface area (Å²) in [5.74, 6) is 0.351. The zero-order valence-corrected chi connectivity index (χ0v) is 17.8. The predicted octanol–water partition coefficient (Wildman–Crippen LogP) is 0.834. The van der Waals surface area contributed by atoms with Gasteiger partial charge in [-0.15, -0.1) is 12.4 Å². The van der Waals surface area contributed by atoms with Crippen LogP contribution in [-0.2, 0) is 10.2 Å². The molecule has 2 aliphatic heterocycles. The maximum Gasteiger partial charge on any atom is 0.264 e. The summed E-state index contributed by atoms with van der Waals surface area (Å²) in [6, 6.07) is 0.0125. The minimum atomic E-state index is -0.391. The van der Waals surface area contributed by atoms with Crippen molar-refractivity contribution >= 4 is 24.2 Å². The predicted molar refractivity (Wildman–Crippen MR) is 109 cm³/mol. The Balaban J connectivity index is 0.00000280. The van der Waals surface area contributed by atoms with Crippen molar-refractivity contribution in [1.29, 1.82) is 0 Å². The van der Waals surface area contributed by atoms with Crippen molar-refractivity contribution in [2.24, 2.45) is 0 Å². The molecule has 8 nitrogen and oxygen atoms in total. The minimum Gasteiger partial charge on any atom is -0.336 e. The number of rotatable bonds is 2. The van der Waals surface area contributed by atoms with Crippen molar-refractivity contribution in [3.05, 3.63) is 27.4 Å². The van der Waals surface area contributed by atoms with Crippen molar-refractivity contribution in [3.8, 4) is 0 Å². The van der Waals surface area contributed by atoms with Crippen LogP contribution in [0.2, 0.25) is 0 Å². The first-order chi connectivity index (χ1) is 12.7. The molecule has 0 radical (unpaired) electrons. The number of hydrogen-bond acceptors (Lipinski definition) is 5. The molecule has 2 N–H and O–H groups in total. The van der Waals surface area contributed by atoms with Crippen LogP contribution in [0.25, 0.3) is 0 Å². The number of aromatic nitrogens is 2. The van der Waals surface area contributed by atoms with Crippen LogP contribution in [-0.4, -0.2) is 70.3 Å². The number of aryl methyl sites for hydroxylation is 1. The fourth-order valence-corrected chi connectivity index (χ4v) is 3.75. The molecular weight excluding hydrogens is 382 g/mol. The quantitative estimate of drug-likeness (QED) is 0.751. The second-order valence-electron chi connectivity index (χ2n) is 8.44. The number of hydrogen-bond donors (Lipinski definition) is 2. The average Bonchev–Trinajstić information content (AvgIpc) is 2.60. The lowest BCUT2D eigenvalue weighted by atomic mass is 9.95. The molecule has 3 heterocycles. The van der Waals surface area contributed by atoms with Gasteiger partial charge in [0, 0.05) is 37.6 Å². The van der Waals surface area contributed by atoms with E-state index in [4.69, 9.17) is 0 Å². The first kappa shape index (κ1) is 22.4. The van der Waals surface area contributed by atoms with E-state index in [2.05, 4.69) is 15.3 Å². The number of amides is 2. The van der Waals surface area contributed by atoms with Crippen LogP contribution in [0, 0.1) is 6.92 Å². The molecule has 0 saturated carbocycles. The Morgan fingerprint density at radius 3 is 2.54 bits per heavy atom. The number of H-pyrrole nitrogens is 1. The van der Waals surface area contributed by atoms with Crippen LogP contribution in [0.5, 0.6) is 0 Å². The van der Waals surface area contributed by atoms with Gasteiger partial charge < -0.3 is 20.1 Å². The summed E-state index contributed by atoms with van der Waals surface area (Å²) in [5, 5.41) is 3.07. The molecule has 3 rings (SSSR count). The maximum absolute atomic E-state index is 13.1. The van der Waals surface area contributed by atoms with Gasteiger partial charge in [0.15, 0.2) is 0 Å². The minimum absolute atomic E-state index is 0. The number of likely N-dealkylation sites (tertiary alicyclic amines) is 1. The number of piperazine rings is 1. The fraction of sp³-hybridized carbons (Fsp3) is 0.684. The molecule has 0 aliphatic carbocycles. The SMILES string of the molecule is Cc1nc(C(C)(C)C)[nH]c(=O)c1C(=O)N1CCCC(N2CCNCC2=O)C1.Cl. The monoisotopic (exact) mass is 411 g/mol. The first-order valence-electron chi connectivity index (χ1n) is 9.59. The molecule has 0 bridgehead atoms. The molecular formula is C19H30ClN5O3. The lowest BCUT2D eigenvalue weighted by Gasteiger charge is -2.41. The molecule has 1 unspecified atom stereocenters. The number of carbonyl (C=O) groups is 2. The molecule has 9 heteroatoms.